The zero-order chi connectivity index (χ0) is 23.1. The number of benzene rings is 1. The predicted molar refractivity (Wildman–Crippen MR) is 119 cm³/mol. The SMILES string of the molecule is CC(=O)N1Cc2ncnc(Oc3ccc4c(ccn4C(=O)Nc4cc(C)on4)c3)c2C[C@@H]1C. The monoisotopic (exact) mass is 446 g/mol. The van der Waals surface area contributed by atoms with Crippen LogP contribution in [0, 0.1) is 6.92 Å². The molecule has 3 aromatic heterocycles. The second kappa shape index (κ2) is 8.05. The lowest BCUT2D eigenvalue weighted by Gasteiger charge is -2.33. The van der Waals surface area contributed by atoms with Crippen LogP contribution in [0.1, 0.15) is 30.9 Å². The molecule has 1 N–H and O–H groups in total. The van der Waals surface area contributed by atoms with Gasteiger partial charge in [-0.2, -0.15) is 0 Å². The molecule has 2 amide bonds. The number of aromatic nitrogens is 4. The average molecular weight is 446 g/mol. The van der Waals surface area contributed by atoms with Gasteiger partial charge in [-0.1, -0.05) is 5.16 Å². The summed E-state index contributed by atoms with van der Waals surface area (Å²) in [6.45, 7) is 5.76. The van der Waals surface area contributed by atoms with E-state index in [0.29, 0.717) is 36.2 Å². The van der Waals surface area contributed by atoms with Crippen molar-refractivity contribution in [3.05, 3.63) is 59.9 Å². The van der Waals surface area contributed by atoms with Crippen LogP contribution < -0.4 is 10.1 Å². The summed E-state index contributed by atoms with van der Waals surface area (Å²) in [5.74, 6) is 2.06. The number of aryl methyl sites for hydroxylation is 1. The highest BCUT2D eigenvalue weighted by Crippen LogP contribution is 2.32. The summed E-state index contributed by atoms with van der Waals surface area (Å²) in [5.41, 5.74) is 2.42. The third-order valence-corrected chi connectivity index (χ3v) is 5.71. The van der Waals surface area contributed by atoms with Gasteiger partial charge in [0.25, 0.3) is 0 Å². The van der Waals surface area contributed by atoms with E-state index in [1.165, 1.54) is 10.9 Å². The fraction of sp³-hybridized carbons (Fsp3) is 0.261. The summed E-state index contributed by atoms with van der Waals surface area (Å²) < 4.78 is 12.6. The Bertz CT molecular complexity index is 1370. The van der Waals surface area contributed by atoms with E-state index in [1.807, 2.05) is 25.1 Å². The highest BCUT2D eigenvalue weighted by atomic mass is 16.5. The molecule has 1 aliphatic heterocycles. The number of carbonyl (C=O) groups is 2. The summed E-state index contributed by atoms with van der Waals surface area (Å²) in [4.78, 5) is 35.0. The molecule has 1 atom stereocenters. The number of nitrogens with one attached hydrogen (secondary N) is 1. The van der Waals surface area contributed by atoms with Crippen molar-refractivity contribution in [2.45, 2.75) is 39.8 Å². The Labute approximate surface area is 189 Å². The van der Waals surface area contributed by atoms with E-state index in [1.54, 1.807) is 37.1 Å². The molecule has 1 aliphatic rings. The van der Waals surface area contributed by atoms with Gasteiger partial charge in [0.2, 0.25) is 11.8 Å². The van der Waals surface area contributed by atoms with Gasteiger partial charge in [0.15, 0.2) is 5.82 Å². The minimum absolute atomic E-state index is 0.0203. The zero-order valence-corrected chi connectivity index (χ0v) is 18.4. The van der Waals surface area contributed by atoms with Crippen LogP contribution in [0.5, 0.6) is 11.6 Å². The third kappa shape index (κ3) is 3.91. The first-order valence-electron chi connectivity index (χ1n) is 10.5. The average Bonchev–Trinajstić information content (AvgIpc) is 3.39. The molecule has 0 unspecified atom stereocenters. The Morgan fingerprint density at radius 1 is 1.21 bits per heavy atom. The van der Waals surface area contributed by atoms with Gasteiger partial charge in [0, 0.05) is 36.2 Å². The fourth-order valence-corrected chi connectivity index (χ4v) is 4.07. The topological polar surface area (TPSA) is 115 Å². The number of ether oxygens (including phenoxy) is 1. The maximum Gasteiger partial charge on any atom is 0.331 e. The normalized spacial score (nSPS) is 15.4. The lowest BCUT2D eigenvalue weighted by molar-refractivity contribution is -0.132. The molecule has 4 heterocycles. The third-order valence-electron chi connectivity index (χ3n) is 5.71. The first-order valence-corrected chi connectivity index (χ1v) is 10.5. The molecule has 0 spiro atoms. The van der Waals surface area contributed by atoms with Crippen LogP contribution in [0.3, 0.4) is 0 Å². The van der Waals surface area contributed by atoms with E-state index < -0.39 is 0 Å². The molecule has 0 bridgehead atoms. The van der Waals surface area contributed by atoms with E-state index in [-0.39, 0.29) is 18.0 Å². The van der Waals surface area contributed by atoms with Crippen LogP contribution in [-0.4, -0.2) is 42.6 Å². The smallest absolute Gasteiger partial charge is 0.331 e. The molecule has 33 heavy (non-hydrogen) atoms. The van der Waals surface area contributed by atoms with Crippen LogP contribution in [-0.2, 0) is 17.8 Å². The Morgan fingerprint density at radius 2 is 2.06 bits per heavy atom. The second-order valence-corrected chi connectivity index (χ2v) is 8.07. The van der Waals surface area contributed by atoms with Crippen LogP contribution >= 0.6 is 0 Å². The molecule has 10 heteroatoms. The first kappa shape index (κ1) is 20.7. The summed E-state index contributed by atoms with van der Waals surface area (Å²) in [6, 6.07) is 8.61. The summed E-state index contributed by atoms with van der Waals surface area (Å²) >= 11 is 0. The van der Waals surface area contributed by atoms with Gasteiger partial charge in [-0.3, -0.25) is 14.7 Å². The quantitative estimate of drug-likeness (QED) is 0.507. The van der Waals surface area contributed by atoms with E-state index in [2.05, 4.69) is 20.4 Å². The van der Waals surface area contributed by atoms with Crippen molar-refractivity contribution in [2.75, 3.05) is 5.32 Å². The van der Waals surface area contributed by atoms with E-state index in [0.717, 1.165) is 22.2 Å². The summed E-state index contributed by atoms with van der Waals surface area (Å²) in [5, 5.41) is 7.32. The van der Waals surface area contributed by atoms with Crippen molar-refractivity contribution >= 4 is 28.7 Å². The fourth-order valence-electron chi connectivity index (χ4n) is 4.07. The van der Waals surface area contributed by atoms with Crippen molar-refractivity contribution < 1.29 is 18.8 Å². The van der Waals surface area contributed by atoms with Gasteiger partial charge in [-0.25, -0.2) is 14.8 Å². The molecule has 0 aliphatic carbocycles. The van der Waals surface area contributed by atoms with Crippen LogP contribution in [0.25, 0.3) is 10.9 Å². The van der Waals surface area contributed by atoms with Gasteiger partial charge in [-0.15, -0.1) is 0 Å². The molecule has 0 saturated carbocycles. The molecule has 5 rings (SSSR count). The molecule has 4 aromatic rings. The number of fused-ring (bicyclic) bond motifs is 2. The van der Waals surface area contributed by atoms with Gasteiger partial charge in [0.1, 0.15) is 17.8 Å². The minimum Gasteiger partial charge on any atom is -0.439 e. The Morgan fingerprint density at radius 3 is 2.82 bits per heavy atom. The lowest BCUT2D eigenvalue weighted by Crippen LogP contribution is -2.41. The number of hydrogen-bond donors (Lipinski definition) is 1. The molecular formula is C23H22N6O4. The van der Waals surface area contributed by atoms with Gasteiger partial charge < -0.3 is 14.2 Å². The number of amides is 2. The van der Waals surface area contributed by atoms with E-state index >= 15 is 0 Å². The van der Waals surface area contributed by atoms with Gasteiger partial charge >= 0.3 is 6.03 Å². The number of nitrogens with zero attached hydrogens (tertiary/aromatic N) is 5. The van der Waals surface area contributed by atoms with Gasteiger partial charge in [-0.05, 0) is 44.5 Å². The van der Waals surface area contributed by atoms with Gasteiger partial charge in [0.05, 0.1) is 17.8 Å². The maximum atomic E-state index is 12.6. The standard InChI is InChI=1S/C23H22N6O4/c1-13-8-18-19(11-29(13)15(3)30)24-12-25-22(18)32-17-4-5-20-16(10-17)6-7-28(20)23(31)26-21-9-14(2)33-27-21/h4-7,9-10,12-13H,8,11H2,1-3H3,(H,26,27,31)/t13-/m0/s1. The Balaban J connectivity index is 1.39. The molecule has 0 saturated heterocycles. The molecule has 0 radical (unpaired) electrons. The Kier molecular flexibility index (Phi) is 5.04. The molecule has 1 aromatic carbocycles. The van der Waals surface area contributed by atoms with E-state index in [9.17, 15) is 9.59 Å². The summed E-state index contributed by atoms with van der Waals surface area (Å²) in [7, 11) is 0. The molecule has 0 fully saturated rings. The first-order chi connectivity index (χ1) is 15.9. The summed E-state index contributed by atoms with van der Waals surface area (Å²) in [6.07, 6.45) is 3.75. The molecule has 168 valence electrons. The van der Waals surface area contributed by atoms with Crippen LogP contribution in [0.2, 0.25) is 0 Å². The molecular weight excluding hydrogens is 424 g/mol. The number of anilines is 1. The van der Waals surface area contributed by atoms with Crippen LogP contribution in [0.4, 0.5) is 10.6 Å². The van der Waals surface area contributed by atoms with Crippen LogP contribution in [0.15, 0.2) is 47.4 Å². The van der Waals surface area contributed by atoms with Crippen molar-refractivity contribution in [1.82, 2.24) is 24.6 Å². The number of hydrogen-bond acceptors (Lipinski definition) is 7. The second-order valence-electron chi connectivity index (χ2n) is 8.07. The van der Waals surface area contributed by atoms with Crippen molar-refractivity contribution in [3.8, 4) is 11.6 Å². The highest BCUT2D eigenvalue weighted by Gasteiger charge is 2.28. The zero-order valence-electron chi connectivity index (χ0n) is 18.4. The Hall–Kier alpha value is -4.21. The minimum atomic E-state index is -0.346. The number of carbonyl (C=O) groups excluding carboxylic acids is 2. The highest BCUT2D eigenvalue weighted by molar-refractivity contribution is 5.98. The van der Waals surface area contributed by atoms with E-state index in [4.69, 9.17) is 9.26 Å². The largest absolute Gasteiger partial charge is 0.439 e. The van der Waals surface area contributed by atoms with Crippen molar-refractivity contribution in [1.29, 1.82) is 0 Å². The molecule has 10 nitrogen and oxygen atoms in total. The van der Waals surface area contributed by atoms with Crippen molar-refractivity contribution in [3.63, 3.8) is 0 Å². The lowest BCUT2D eigenvalue weighted by atomic mass is 9.99. The number of rotatable bonds is 3. The van der Waals surface area contributed by atoms with Crippen molar-refractivity contribution in [2.24, 2.45) is 0 Å². The maximum absolute atomic E-state index is 12.6. The predicted octanol–water partition coefficient (Wildman–Crippen LogP) is 3.89.